The summed E-state index contributed by atoms with van der Waals surface area (Å²) < 4.78 is 23.5. The van der Waals surface area contributed by atoms with Gasteiger partial charge >= 0.3 is 7.82 Å². The molecule has 48 heavy (non-hydrogen) atoms. The number of rotatable bonds is 35. The van der Waals surface area contributed by atoms with Crippen LogP contribution in [-0.2, 0) is 18.4 Å². The maximum atomic E-state index is 12.8. The molecule has 0 aliphatic rings. The Balaban J connectivity index is 4.45. The number of carbonyl (C=O) groups is 1. The molecule has 0 aromatic carbocycles. The number of unbranched alkanes of at least 4 members (excludes halogenated alkanes) is 18. The molecule has 0 rings (SSSR count). The van der Waals surface area contributed by atoms with Gasteiger partial charge in [0.2, 0.25) is 5.91 Å². The van der Waals surface area contributed by atoms with Crippen LogP contribution in [-0.4, -0.2) is 73.4 Å². The van der Waals surface area contributed by atoms with Gasteiger partial charge < -0.3 is 19.8 Å². The van der Waals surface area contributed by atoms with Crippen LogP contribution >= 0.6 is 7.82 Å². The van der Waals surface area contributed by atoms with Gasteiger partial charge in [-0.3, -0.25) is 13.8 Å². The highest BCUT2D eigenvalue weighted by Gasteiger charge is 2.28. The second-order valence-corrected chi connectivity index (χ2v) is 16.1. The van der Waals surface area contributed by atoms with E-state index in [1.165, 1.54) is 77.0 Å². The highest BCUT2D eigenvalue weighted by Crippen LogP contribution is 2.43. The second kappa shape index (κ2) is 31.9. The SMILES string of the molecule is CCCCCC/C=C\C/C=C\CCCCCCCC(=O)NC(COP(=O)(O)OCC[N+](C)(C)C)C(O)CCCCCCCCCCCC. The molecule has 0 aliphatic heterocycles. The summed E-state index contributed by atoms with van der Waals surface area (Å²) >= 11 is 0. The molecule has 0 saturated carbocycles. The number of phosphoric ester groups is 1. The van der Waals surface area contributed by atoms with Gasteiger partial charge in [0.05, 0.1) is 39.9 Å². The number of phosphoric acid groups is 1. The normalized spacial score (nSPS) is 14.9. The Labute approximate surface area is 296 Å². The van der Waals surface area contributed by atoms with Crippen molar-refractivity contribution in [3.8, 4) is 0 Å². The van der Waals surface area contributed by atoms with Gasteiger partial charge in [-0.05, 0) is 44.9 Å². The molecule has 1 amide bonds. The van der Waals surface area contributed by atoms with Crippen molar-refractivity contribution in [2.75, 3.05) is 40.9 Å². The van der Waals surface area contributed by atoms with E-state index < -0.39 is 20.0 Å². The largest absolute Gasteiger partial charge is 0.472 e. The van der Waals surface area contributed by atoms with E-state index in [4.69, 9.17) is 9.05 Å². The molecule has 3 N–H and O–H groups in total. The van der Waals surface area contributed by atoms with Gasteiger partial charge in [0.15, 0.2) is 0 Å². The van der Waals surface area contributed by atoms with E-state index in [9.17, 15) is 19.4 Å². The lowest BCUT2D eigenvalue weighted by Gasteiger charge is -2.26. The van der Waals surface area contributed by atoms with Crippen LogP contribution in [0.15, 0.2) is 24.3 Å². The molecular weight excluding hydrogens is 623 g/mol. The smallest absolute Gasteiger partial charge is 0.391 e. The molecule has 0 aliphatic carbocycles. The van der Waals surface area contributed by atoms with Gasteiger partial charge in [0, 0.05) is 6.42 Å². The maximum absolute atomic E-state index is 12.8. The number of likely N-dealkylation sites (N-methyl/N-ethyl adjacent to an activating group) is 1. The monoisotopic (exact) mass is 702 g/mol. The second-order valence-electron chi connectivity index (χ2n) is 14.7. The number of nitrogens with zero attached hydrogens (tertiary/aromatic N) is 1. The fourth-order valence-electron chi connectivity index (χ4n) is 5.49. The number of quaternary nitrogens is 1. The van der Waals surface area contributed by atoms with E-state index in [0.717, 1.165) is 64.2 Å². The number of carbonyl (C=O) groups excluding carboxylic acids is 1. The fraction of sp³-hybridized carbons (Fsp3) is 0.872. The van der Waals surface area contributed by atoms with Crippen molar-refractivity contribution in [3.63, 3.8) is 0 Å². The Morgan fingerprint density at radius 3 is 1.73 bits per heavy atom. The molecular formula is C39H78N2O6P+. The highest BCUT2D eigenvalue weighted by molar-refractivity contribution is 7.47. The molecule has 0 heterocycles. The lowest BCUT2D eigenvalue weighted by Crippen LogP contribution is -2.46. The van der Waals surface area contributed by atoms with E-state index in [0.29, 0.717) is 23.9 Å². The first-order valence-corrected chi connectivity index (χ1v) is 21.2. The minimum atomic E-state index is -4.31. The van der Waals surface area contributed by atoms with Crippen LogP contribution in [0.4, 0.5) is 0 Å². The third kappa shape index (κ3) is 33.5. The molecule has 0 fully saturated rings. The molecule has 3 unspecified atom stereocenters. The Kier molecular flexibility index (Phi) is 31.2. The lowest BCUT2D eigenvalue weighted by atomic mass is 10.0. The van der Waals surface area contributed by atoms with Gasteiger partial charge in [-0.1, -0.05) is 141 Å². The molecule has 3 atom stereocenters. The summed E-state index contributed by atoms with van der Waals surface area (Å²) in [5.41, 5.74) is 0. The van der Waals surface area contributed by atoms with Crippen LogP contribution < -0.4 is 5.32 Å². The number of hydrogen-bond donors (Lipinski definition) is 3. The molecule has 0 aromatic rings. The van der Waals surface area contributed by atoms with Crippen molar-refractivity contribution in [2.45, 2.75) is 180 Å². The highest BCUT2D eigenvalue weighted by atomic mass is 31.2. The fourth-order valence-corrected chi connectivity index (χ4v) is 6.22. The van der Waals surface area contributed by atoms with Gasteiger partial charge in [0.25, 0.3) is 0 Å². The molecule has 0 spiro atoms. The minimum Gasteiger partial charge on any atom is -0.391 e. The number of hydrogen-bond acceptors (Lipinski definition) is 5. The molecule has 9 heteroatoms. The van der Waals surface area contributed by atoms with Crippen molar-refractivity contribution >= 4 is 13.7 Å². The van der Waals surface area contributed by atoms with E-state index in [1.807, 2.05) is 21.1 Å². The van der Waals surface area contributed by atoms with Gasteiger partial charge in [-0.2, -0.15) is 0 Å². The molecule has 0 bridgehead atoms. The summed E-state index contributed by atoms with van der Waals surface area (Å²) in [6.45, 7) is 4.82. The zero-order valence-electron chi connectivity index (χ0n) is 32.0. The first-order chi connectivity index (χ1) is 23.0. The number of allylic oxidation sites excluding steroid dienone is 4. The Bertz CT molecular complexity index is 845. The third-order valence-electron chi connectivity index (χ3n) is 8.70. The summed E-state index contributed by atoms with van der Waals surface area (Å²) in [4.78, 5) is 23.0. The topological polar surface area (TPSA) is 105 Å². The minimum absolute atomic E-state index is 0.0718. The van der Waals surface area contributed by atoms with Crippen LogP contribution in [0.3, 0.4) is 0 Å². The van der Waals surface area contributed by atoms with Crippen molar-refractivity contribution < 1.29 is 32.9 Å². The number of aliphatic hydroxyl groups is 1. The van der Waals surface area contributed by atoms with Gasteiger partial charge in [0.1, 0.15) is 13.2 Å². The maximum Gasteiger partial charge on any atom is 0.472 e. The summed E-state index contributed by atoms with van der Waals surface area (Å²) in [6, 6.07) is -0.763. The first kappa shape index (κ1) is 47.0. The molecule has 284 valence electrons. The average molecular weight is 702 g/mol. The average Bonchev–Trinajstić information content (AvgIpc) is 3.02. The van der Waals surface area contributed by atoms with E-state index in [1.54, 1.807) is 0 Å². The van der Waals surface area contributed by atoms with E-state index in [2.05, 4.69) is 43.5 Å². The number of nitrogens with one attached hydrogen (secondary N) is 1. The summed E-state index contributed by atoms with van der Waals surface area (Å²) in [7, 11) is 1.60. The standard InChI is InChI=1S/C39H77N2O6P/c1-6-8-10-12-14-16-18-19-20-21-22-23-25-27-29-31-33-39(43)40-37(36-47-48(44,45)46-35-34-41(3,4)5)38(42)32-30-28-26-24-17-15-13-11-9-7-2/h16,18,20-21,37-38,42H,6-15,17,19,22-36H2,1-5H3,(H-,40,43,44,45)/p+1/b18-16-,21-20-. The Hall–Kier alpha value is -1.02. The Morgan fingerprint density at radius 1 is 0.708 bits per heavy atom. The van der Waals surface area contributed by atoms with Crippen molar-refractivity contribution in [2.24, 2.45) is 0 Å². The third-order valence-corrected chi connectivity index (χ3v) is 9.69. The number of amides is 1. The van der Waals surface area contributed by atoms with Crippen molar-refractivity contribution in [1.29, 1.82) is 0 Å². The van der Waals surface area contributed by atoms with Crippen molar-refractivity contribution in [3.05, 3.63) is 24.3 Å². The molecule has 0 radical (unpaired) electrons. The first-order valence-electron chi connectivity index (χ1n) is 19.7. The van der Waals surface area contributed by atoms with Gasteiger partial charge in [-0.25, -0.2) is 4.57 Å². The van der Waals surface area contributed by atoms with E-state index >= 15 is 0 Å². The summed E-state index contributed by atoms with van der Waals surface area (Å²) in [5.74, 6) is -0.161. The number of aliphatic hydroxyl groups excluding tert-OH is 1. The zero-order chi connectivity index (χ0) is 35.8. The molecule has 0 saturated heterocycles. The summed E-state index contributed by atoms with van der Waals surface area (Å²) in [6.07, 6.45) is 34.8. The van der Waals surface area contributed by atoms with Crippen LogP contribution in [0.1, 0.15) is 168 Å². The van der Waals surface area contributed by atoms with Crippen LogP contribution in [0.2, 0.25) is 0 Å². The Morgan fingerprint density at radius 2 is 1.19 bits per heavy atom. The zero-order valence-corrected chi connectivity index (χ0v) is 32.9. The predicted octanol–water partition coefficient (Wildman–Crippen LogP) is 10.2. The quantitative estimate of drug-likeness (QED) is 0.0263. The predicted molar refractivity (Wildman–Crippen MR) is 203 cm³/mol. The van der Waals surface area contributed by atoms with Gasteiger partial charge in [-0.15, -0.1) is 0 Å². The van der Waals surface area contributed by atoms with E-state index in [-0.39, 0.29) is 19.1 Å². The van der Waals surface area contributed by atoms with Crippen LogP contribution in [0.5, 0.6) is 0 Å². The van der Waals surface area contributed by atoms with Crippen LogP contribution in [0.25, 0.3) is 0 Å². The lowest BCUT2D eigenvalue weighted by molar-refractivity contribution is -0.870. The van der Waals surface area contributed by atoms with Crippen LogP contribution in [0, 0.1) is 0 Å². The molecule has 8 nitrogen and oxygen atoms in total. The molecule has 0 aromatic heterocycles. The summed E-state index contributed by atoms with van der Waals surface area (Å²) in [5, 5.41) is 13.8. The van der Waals surface area contributed by atoms with Crippen molar-refractivity contribution in [1.82, 2.24) is 5.32 Å².